The summed E-state index contributed by atoms with van der Waals surface area (Å²) in [5, 5.41) is 0.550. The van der Waals surface area contributed by atoms with Gasteiger partial charge in [0.15, 0.2) is 0 Å². The van der Waals surface area contributed by atoms with Crippen LogP contribution in [0.4, 0.5) is 0 Å². The van der Waals surface area contributed by atoms with Crippen molar-refractivity contribution in [2.45, 2.75) is 49.0 Å². The number of carbonyl (C=O) groups is 1. The molecule has 0 spiro atoms. The molecule has 0 amide bonds. The Bertz CT molecular complexity index is 225. The molecular formula is C9H14O2S. The fourth-order valence-corrected chi connectivity index (χ4v) is 4.24. The first kappa shape index (κ1) is 8.42. The number of hydrogen-bond acceptors (Lipinski definition) is 2. The van der Waals surface area contributed by atoms with E-state index in [0.29, 0.717) is 23.9 Å². The van der Waals surface area contributed by atoms with Crippen molar-refractivity contribution in [1.82, 2.24) is 0 Å². The van der Waals surface area contributed by atoms with E-state index in [9.17, 15) is 9.00 Å². The Morgan fingerprint density at radius 2 is 1.92 bits per heavy atom. The van der Waals surface area contributed by atoms with E-state index in [0.717, 1.165) is 19.3 Å². The van der Waals surface area contributed by atoms with Gasteiger partial charge in [0, 0.05) is 34.1 Å². The minimum absolute atomic E-state index is 0.207. The predicted molar refractivity (Wildman–Crippen MR) is 48.4 cm³/mol. The monoisotopic (exact) mass is 186 g/mol. The van der Waals surface area contributed by atoms with E-state index in [1.54, 1.807) is 0 Å². The first-order valence-corrected chi connectivity index (χ1v) is 5.96. The highest BCUT2D eigenvalue weighted by Gasteiger charge is 2.33. The van der Waals surface area contributed by atoms with Crippen molar-refractivity contribution in [1.29, 1.82) is 0 Å². The molecule has 2 aliphatic rings. The molecule has 2 nitrogen and oxygen atoms in total. The molecule has 2 aliphatic heterocycles. The van der Waals surface area contributed by atoms with Gasteiger partial charge in [-0.15, -0.1) is 0 Å². The summed E-state index contributed by atoms with van der Waals surface area (Å²) in [5.74, 6) is 0.331. The lowest BCUT2D eigenvalue weighted by atomic mass is 10.1. The lowest BCUT2D eigenvalue weighted by Gasteiger charge is -2.24. The molecule has 2 heterocycles. The van der Waals surface area contributed by atoms with E-state index in [1.807, 2.05) is 0 Å². The van der Waals surface area contributed by atoms with Crippen LogP contribution in [0.25, 0.3) is 0 Å². The van der Waals surface area contributed by atoms with Crippen LogP contribution < -0.4 is 0 Å². The van der Waals surface area contributed by atoms with Crippen LogP contribution in [-0.4, -0.2) is 20.5 Å². The largest absolute Gasteiger partial charge is 0.300 e. The average Bonchev–Trinajstić information content (AvgIpc) is 2.17. The van der Waals surface area contributed by atoms with Crippen molar-refractivity contribution in [3.05, 3.63) is 0 Å². The van der Waals surface area contributed by atoms with Crippen molar-refractivity contribution in [2.75, 3.05) is 0 Å². The van der Waals surface area contributed by atoms with E-state index < -0.39 is 10.8 Å². The molecule has 0 N–H and O–H groups in total. The minimum Gasteiger partial charge on any atom is -0.300 e. The van der Waals surface area contributed by atoms with Gasteiger partial charge in [-0.3, -0.25) is 9.00 Å². The van der Waals surface area contributed by atoms with Gasteiger partial charge >= 0.3 is 0 Å². The van der Waals surface area contributed by atoms with Gasteiger partial charge in [-0.1, -0.05) is 6.42 Å². The van der Waals surface area contributed by atoms with Crippen molar-refractivity contribution < 1.29 is 9.00 Å². The van der Waals surface area contributed by atoms with E-state index in [4.69, 9.17) is 0 Å². The van der Waals surface area contributed by atoms with Gasteiger partial charge in [0.05, 0.1) is 0 Å². The Labute approximate surface area is 75.2 Å². The van der Waals surface area contributed by atoms with Gasteiger partial charge in [0.2, 0.25) is 0 Å². The maximum Gasteiger partial charge on any atom is 0.134 e. The quantitative estimate of drug-likeness (QED) is 0.573. The zero-order chi connectivity index (χ0) is 8.55. The molecule has 68 valence electrons. The lowest BCUT2D eigenvalue weighted by molar-refractivity contribution is -0.119. The second-order valence-electron chi connectivity index (χ2n) is 3.78. The maximum absolute atomic E-state index is 11.7. The minimum atomic E-state index is -0.695. The van der Waals surface area contributed by atoms with Gasteiger partial charge in [-0.25, -0.2) is 0 Å². The summed E-state index contributed by atoms with van der Waals surface area (Å²) in [4.78, 5) is 11.2. The average molecular weight is 186 g/mol. The summed E-state index contributed by atoms with van der Waals surface area (Å²) in [5.41, 5.74) is 0. The third-order valence-corrected chi connectivity index (χ3v) is 5.10. The van der Waals surface area contributed by atoms with Crippen molar-refractivity contribution in [3.8, 4) is 0 Å². The van der Waals surface area contributed by atoms with Gasteiger partial charge in [0.1, 0.15) is 5.78 Å². The molecule has 0 saturated carbocycles. The summed E-state index contributed by atoms with van der Waals surface area (Å²) in [6.07, 6.45) is 5.40. The molecule has 2 fully saturated rings. The molecule has 2 rings (SSSR count). The Balaban J connectivity index is 2.18. The highest BCUT2D eigenvalue weighted by atomic mass is 32.2. The van der Waals surface area contributed by atoms with Gasteiger partial charge in [-0.05, 0) is 19.3 Å². The molecule has 0 radical (unpaired) electrons. The summed E-state index contributed by atoms with van der Waals surface area (Å²) in [7, 11) is -0.695. The zero-order valence-electron chi connectivity index (χ0n) is 7.12. The number of ketones is 1. The smallest absolute Gasteiger partial charge is 0.134 e. The van der Waals surface area contributed by atoms with Crippen molar-refractivity contribution >= 4 is 16.6 Å². The molecule has 3 unspecified atom stereocenters. The third-order valence-electron chi connectivity index (χ3n) is 2.91. The fourth-order valence-electron chi connectivity index (χ4n) is 2.20. The van der Waals surface area contributed by atoms with Crippen LogP contribution in [0.3, 0.4) is 0 Å². The van der Waals surface area contributed by atoms with E-state index in [2.05, 4.69) is 0 Å². The first-order chi connectivity index (χ1) is 5.77. The van der Waals surface area contributed by atoms with Crippen LogP contribution >= 0.6 is 0 Å². The highest BCUT2D eigenvalue weighted by molar-refractivity contribution is 7.86. The molecule has 2 saturated heterocycles. The number of rotatable bonds is 0. The molecule has 2 bridgehead atoms. The zero-order valence-corrected chi connectivity index (χ0v) is 7.94. The van der Waals surface area contributed by atoms with E-state index in [-0.39, 0.29) is 5.25 Å². The normalized spacial score (nSPS) is 42.3. The standard InChI is InChI=1S/C9H14O2S/c10-7-4-5-8-2-1-3-9(6-7)12(8)11/h8-9H,1-6H2. The van der Waals surface area contributed by atoms with Gasteiger partial charge in [0.25, 0.3) is 0 Å². The third kappa shape index (κ3) is 1.47. The van der Waals surface area contributed by atoms with Gasteiger partial charge in [-0.2, -0.15) is 0 Å². The second-order valence-corrected chi connectivity index (χ2v) is 5.78. The number of fused-ring (bicyclic) bond motifs is 2. The molecule has 3 heteroatoms. The van der Waals surface area contributed by atoms with Crippen LogP contribution in [0, 0.1) is 0 Å². The van der Waals surface area contributed by atoms with Crippen molar-refractivity contribution in [2.24, 2.45) is 0 Å². The topological polar surface area (TPSA) is 34.1 Å². The fraction of sp³-hybridized carbons (Fsp3) is 0.889. The molecule has 12 heavy (non-hydrogen) atoms. The molecule has 0 aromatic carbocycles. The van der Waals surface area contributed by atoms with Crippen LogP contribution in [-0.2, 0) is 15.6 Å². The van der Waals surface area contributed by atoms with Crippen LogP contribution in [0.1, 0.15) is 38.5 Å². The maximum atomic E-state index is 11.7. The molecule has 0 aromatic rings. The van der Waals surface area contributed by atoms with Crippen LogP contribution in [0.5, 0.6) is 0 Å². The lowest BCUT2D eigenvalue weighted by Crippen LogP contribution is -2.29. The number of hydrogen-bond donors (Lipinski definition) is 0. The Morgan fingerprint density at radius 1 is 1.17 bits per heavy atom. The molecule has 0 aliphatic carbocycles. The number of carbonyl (C=O) groups excluding carboxylic acids is 1. The molecule has 3 atom stereocenters. The van der Waals surface area contributed by atoms with E-state index in [1.165, 1.54) is 6.42 Å². The summed E-state index contributed by atoms with van der Waals surface area (Å²) >= 11 is 0. The molecular weight excluding hydrogens is 172 g/mol. The van der Waals surface area contributed by atoms with Crippen LogP contribution in [0.2, 0.25) is 0 Å². The second kappa shape index (κ2) is 3.29. The summed E-state index contributed by atoms with van der Waals surface area (Å²) in [6, 6.07) is 0. The van der Waals surface area contributed by atoms with Crippen LogP contribution in [0.15, 0.2) is 0 Å². The highest BCUT2D eigenvalue weighted by Crippen LogP contribution is 2.30. The number of Topliss-reactive ketones (excluding diaryl/α,β-unsaturated/α-hetero) is 1. The Hall–Kier alpha value is -0.180. The van der Waals surface area contributed by atoms with Gasteiger partial charge < -0.3 is 0 Å². The summed E-state index contributed by atoms with van der Waals surface area (Å²) in [6.45, 7) is 0. The van der Waals surface area contributed by atoms with Crippen molar-refractivity contribution in [3.63, 3.8) is 0 Å². The predicted octanol–water partition coefficient (Wildman–Crippen LogP) is 1.41. The first-order valence-electron chi connectivity index (χ1n) is 4.68. The Kier molecular flexibility index (Phi) is 2.31. The SMILES string of the molecule is O=C1CCC2CCCC(C1)S2=O. The molecule has 0 aromatic heterocycles. The Morgan fingerprint density at radius 3 is 2.75 bits per heavy atom. The van der Waals surface area contributed by atoms with E-state index >= 15 is 0 Å². The summed E-state index contributed by atoms with van der Waals surface area (Å²) < 4.78 is 11.7.